The molecule has 6 heteroatoms. The first-order valence-corrected chi connectivity index (χ1v) is 8.31. The minimum atomic E-state index is -0.341. The van der Waals surface area contributed by atoms with Gasteiger partial charge >= 0.3 is 0 Å². The first-order chi connectivity index (χ1) is 11.8. The molecule has 1 amide bonds. The predicted molar refractivity (Wildman–Crippen MR) is 87.3 cm³/mol. The number of pyridine rings is 1. The van der Waals surface area contributed by atoms with E-state index in [1.807, 2.05) is 18.2 Å². The Bertz CT molecular complexity index is 689. The summed E-state index contributed by atoms with van der Waals surface area (Å²) in [6, 6.07) is 5.72. The molecule has 1 spiro atoms. The van der Waals surface area contributed by atoms with Gasteiger partial charge in [0.05, 0.1) is 30.7 Å². The molecule has 2 fully saturated rings. The zero-order valence-electron chi connectivity index (χ0n) is 13.5. The number of carbonyl (C=O) groups excluding carboxylic acids is 1. The van der Waals surface area contributed by atoms with Crippen LogP contribution in [0.3, 0.4) is 0 Å². The van der Waals surface area contributed by atoms with Gasteiger partial charge in [-0.05, 0) is 31.2 Å². The number of carbonyl (C=O) groups is 1. The third-order valence-corrected chi connectivity index (χ3v) is 5.19. The predicted octanol–water partition coefficient (Wildman–Crippen LogP) is 1.69. The average Bonchev–Trinajstić information content (AvgIpc) is 3.32. The SMILES string of the molecule is O=C1NC[C@@H](COc2cccnc2)[C@@]12CCN(Cc1ccoc1)C2. The van der Waals surface area contributed by atoms with Gasteiger partial charge in [0.15, 0.2) is 0 Å². The van der Waals surface area contributed by atoms with Gasteiger partial charge in [-0.3, -0.25) is 14.7 Å². The summed E-state index contributed by atoms with van der Waals surface area (Å²) in [6.45, 7) is 3.72. The molecular weight excluding hydrogens is 306 g/mol. The van der Waals surface area contributed by atoms with Gasteiger partial charge in [0.25, 0.3) is 0 Å². The lowest BCUT2D eigenvalue weighted by atomic mass is 9.77. The molecule has 2 aromatic rings. The minimum absolute atomic E-state index is 0.164. The van der Waals surface area contributed by atoms with Crippen LogP contribution in [0.2, 0.25) is 0 Å². The van der Waals surface area contributed by atoms with Crippen LogP contribution in [0.4, 0.5) is 0 Å². The van der Waals surface area contributed by atoms with Crippen LogP contribution < -0.4 is 10.1 Å². The number of furan rings is 1. The van der Waals surface area contributed by atoms with Gasteiger partial charge in [0.2, 0.25) is 5.91 Å². The Hall–Kier alpha value is -2.34. The van der Waals surface area contributed by atoms with Gasteiger partial charge in [-0.15, -0.1) is 0 Å². The Morgan fingerprint density at radius 2 is 2.42 bits per heavy atom. The first kappa shape index (κ1) is 15.2. The Morgan fingerprint density at radius 3 is 3.21 bits per heavy atom. The number of amides is 1. The summed E-state index contributed by atoms with van der Waals surface area (Å²) in [6.07, 6.45) is 7.75. The molecule has 0 aliphatic carbocycles. The summed E-state index contributed by atoms with van der Waals surface area (Å²) < 4.78 is 11.0. The number of likely N-dealkylation sites (tertiary alicyclic amines) is 1. The summed E-state index contributed by atoms with van der Waals surface area (Å²) in [4.78, 5) is 18.9. The largest absolute Gasteiger partial charge is 0.492 e. The Kier molecular flexibility index (Phi) is 3.98. The van der Waals surface area contributed by atoms with E-state index in [1.54, 1.807) is 24.9 Å². The number of rotatable bonds is 5. The van der Waals surface area contributed by atoms with E-state index >= 15 is 0 Å². The highest BCUT2D eigenvalue weighted by Crippen LogP contribution is 2.42. The fraction of sp³-hybridized carbons (Fsp3) is 0.444. The molecule has 0 aromatic carbocycles. The van der Waals surface area contributed by atoms with E-state index in [0.717, 1.165) is 37.4 Å². The topological polar surface area (TPSA) is 67.6 Å². The smallest absolute Gasteiger partial charge is 0.228 e. The van der Waals surface area contributed by atoms with Gasteiger partial charge in [0.1, 0.15) is 5.75 Å². The molecular formula is C18H21N3O3. The van der Waals surface area contributed by atoms with Crippen molar-refractivity contribution in [2.24, 2.45) is 11.3 Å². The first-order valence-electron chi connectivity index (χ1n) is 8.31. The van der Waals surface area contributed by atoms with Gasteiger partial charge < -0.3 is 14.5 Å². The van der Waals surface area contributed by atoms with Crippen LogP contribution in [-0.2, 0) is 11.3 Å². The molecule has 0 bridgehead atoms. The van der Waals surface area contributed by atoms with Crippen molar-refractivity contribution in [2.45, 2.75) is 13.0 Å². The monoisotopic (exact) mass is 327 g/mol. The fourth-order valence-electron chi connectivity index (χ4n) is 3.83. The normalized spacial score (nSPS) is 26.8. The van der Waals surface area contributed by atoms with E-state index in [1.165, 1.54) is 0 Å². The number of aromatic nitrogens is 1. The Balaban J connectivity index is 1.43. The average molecular weight is 327 g/mol. The van der Waals surface area contributed by atoms with Crippen molar-refractivity contribution in [1.29, 1.82) is 0 Å². The second kappa shape index (κ2) is 6.28. The van der Waals surface area contributed by atoms with Gasteiger partial charge in [-0.25, -0.2) is 0 Å². The second-order valence-electron chi connectivity index (χ2n) is 6.66. The van der Waals surface area contributed by atoms with Crippen molar-refractivity contribution >= 4 is 5.91 Å². The zero-order valence-corrected chi connectivity index (χ0v) is 13.5. The lowest BCUT2D eigenvalue weighted by Gasteiger charge is -2.28. The van der Waals surface area contributed by atoms with Crippen LogP contribution in [0.15, 0.2) is 47.5 Å². The highest BCUT2D eigenvalue weighted by molar-refractivity contribution is 5.86. The number of nitrogens with one attached hydrogen (secondary N) is 1. The maximum Gasteiger partial charge on any atom is 0.228 e. The van der Waals surface area contributed by atoms with Crippen molar-refractivity contribution in [3.8, 4) is 5.75 Å². The lowest BCUT2D eigenvalue weighted by molar-refractivity contribution is -0.128. The van der Waals surface area contributed by atoms with Crippen molar-refractivity contribution in [3.05, 3.63) is 48.7 Å². The van der Waals surface area contributed by atoms with E-state index in [-0.39, 0.29) is 17.2 Å². The summed E-state index contributed by atoms with van der Waals surface area (Å²) in [5, 5.41) is 3.04. The fourth-order valence-corrected chi connectivity index (χ4v) is 3.83. The summed E-state index contributed by atoms with van der Waals surface area (Å²) >= 11 is 0. The number of hydrogen-bond donors (Lipinski definition) is 1. The maximum absolute atomic E-state index is 12.5. The highest BCUT2D eigenvalue weighted by Gasteiger charge is 2.54. The molecule has 4 rings (SSSR count). The number of nitrogens with zero attached hydrogens (tertiary/aromatic N) is 2. The van der Waals surface area contributed by atoms with Crippen LogP contribution >= 0.6 is 0 Å². The quantitative estimate of drug-likeness (QED) is 0.905. The molecule has 4 heterocycles. The second-order valence-corrected chi connectivity index (χ2v) is 6.66. The van der Waals surface area contributed by atoms with Crippen LogP contribution in [0.25, 0.3) is 0 Å². The molecule has 2 aliphatic heterocycles. The molecule has 126 valence electrons. The van der Waals surface area contributed by atoms with E-state index in [0.29, 0.717) is 13.2 Å². The summed E-state index contributed by atoms with van der Waals surface area (Å²) in [5.41, 5.74) is 0.806. The molecule has 24 heavy (non-hydrogen) atoms. The minimum Gasteiger partial charge on any atom is -0.492 e. The number of hydrogen-bond acceptors (Lipinski definition) is 5. The van der Waals surface area contributed by atoms with Crippen LogP contribution in [-0.4, -0.2) is 42.0 Å². The van der Waals surface area contributed by atoms with Gasteiger partial charge in [-0.1, -0.05) is 0 Å². The standard InChI is InChI=1S/C18H21N3O3/c22-17-18(4-6-21(13-18)10-14-3-7-23-11-14)15(8-20-17)12-24-16-2-1-5-19-9-16/h1-3,5,7,9,11,15H,4,6,8,10,12-13H2,(H,20,22)/t15-,18-/m0/s1. The molecule has 2 aromatic heterocycles. The lowest BCUT2D eigenvalue weighted by Crippen LogP contribution is -2.40. The molecule has 1 N–H and O–H groups in total. The summed E-state index contributed by atoms with van der Waals surface area (Å²) in [7, 11) is 0. The number of ether oxygens (including phenoxy) is 1. The molecule has 0 unspecified atom stereocenters. The van der Waals surface area contributed by atoms with Crippen molar-refractivity contribution < 1.29 is 13.9 Å². The molecule has 2 aliphatic rings. The Morgan fingerprint density at radius 1 is 1.46 bits per heavy atom. The van der Waals surface area contributed by atoms with Crippen LogP contribution in [0.5, 0.6) is 5.75 Å². The van der Waals surface area contributed by atoms with E-state index in [2.05, 4.69) is 15.2 Å². The van der Waals surface area contributed by atoms with Gasteiger partial charge in [0, 0.05) is 37.3 Å². The Labute approximate surface area is 140 Å². The van der Waals surface area contributed by atoms with Crippen LogP contribution in [0.1, 0.15) is 12.0 Å². The zero-order chi connectivity index (χ0) is 16.4. The molecule has 0 radical (unpaired) electrons. The van der Waals surface area contributed by atoms with Crippen molar-refractivity contribution in [3.63, 3.8) is 0 Å². The highest BCUT2D eigenvalue weighted by atomic mass is 16.5. The van der Waals surface area contributed by atoms with E-state index in [9.17, 15) is 4.79 Å². The molecule has 6 nitrogen and oxygen atoms in total. The third-order valence-electron chi connectivity index (χ3n) is 5.19. The van der Waals surface area contributed by atoms with Crippen LogP contribution in [0, 0.1) is 11.3 Å². The van der Waals surface area contributed by atoms with E-state index < -0.39 is 0 Å². The maximum atomic E-state index is 12.5. The van der Waals surface area contributed by atoms with E-state index in [4.69, 9.17) is 9.15 Å². The van der Waals surface area contributed by atoms with Crippen molar-refractivity contribution in [1.82, 2.24) is 15.2 Å². The third kappa shape index (κ3) is 2.78. The summed E-state index contributed by atoms with van der Waals surface area (Å²) in [5.74, 6) is 1.09. The van der Waals surface area contributed by atoms with Crippen molar-refractivity contribution in [2.75, 3.05) is 26.2 Å². The molecule has 2 atom stereocenters. The molecule has 2 saturated heterocycles. The van der Waals surface area contributed by atoms with Gasteiger partial charge in [-0.2, -0.15) is 0 Å². The molecule has 0 saturated carbocycles.